The van der Waals surface area contributed by atoms with Gasteiger partial charge in [-0.3, -0.25) is 4.57 Å². The van der Waals surface area contributed by atoms with Crippen molar-refractivity contribution in [1.29, 1.82) is 0 Å². The minimum atomic E-state index is -3.86. The Labute approximate surface area is 76.6 Å². The number of rotatable bonds is 5. The van der Waals surface area contributed by atoms with E-state index in [-0.39, 0.29) is 12.2 Å². The summed E-state index contributed by atoms with van der Waals surface area (Å²) in [5, 5.41) is 8.41. The molecule has 13 heavy (non-hydrogen) atoms. The summed E-state index contributed by atoms with van der Waals surface area (Å²) in [5.74, 6) is -0.486. The summed E-state index contributed by atoms with van der Waals surface area (Å²) in [6.07, 6.45) is 0.602. The van der Waals surface area contributed by atoms with E-state index in [0.717, 1.165) is 5.82 Å². The van der Waals surface area contributed by atoms with Gasteiger partial charge in [0.15, 0.2) is 0 Å². The second kappa shape index (κ2) is 5.17. The summed E-state index contributed by atoms with van der Waals surface area (Å²) < 4.78 is 15.7. The smallest absolute Gasteiger partial charge is 0.352 e. The van der Waals surface area contributed by atoms with Crippen molar-refractivity contribution in [2.24, 2.45) is 0 Å². The molecule has 0 aliphatic carbocycles. The molecule has 0 aliphatic rings. The molecular weight excluding hydrogens is 195 g/mol. The highest BCUT2D eigenvalue weighted by atomic mass is 31.2. The van der Waals surface area contributed by atoms with Gasteiger partial charge < -0.3 is 14.5 Å². The Morgan fingerprint density at radius 2 is 2.15 bits per heavy atom. The van der Waals surface area contributed by atoms with Gasteiger partial charge in [0.1, 0.15) is 0 Å². The second-order valence-electron chi connectivity index (χ2n) is 2.51. The van der Waals surface area contributed by atoms with Crippen LogP contribution in [0.15, 0.2) is 11.4 Å². The fourth-order valence-electron chi connectivity index (χ4n) is 0.559. The van der Waals surface area contributed by atoms with Gasteiger partial charge in [0.25, 0.3) is 0 Å². The van der Waals surface area contributed by atoms with Crippen LogP contribution < -0.4 is 0 Å². The number of hydrogen-bond acceptors (Lipinski definition) is 3. The van der Waals surface area contributed by atoms with Crippen LogP contribution in [0.2, 0.25) is 0 Å². The molecule has 0 fully saturated rings. The predicted molar refractivity (Wildman–Crippen MR) is 47.5 cm³/mol. The van der Waals surface area contributed by atoms with Crippen molar-refractivity contribution in [2.45, 2.75) is 20.3 Å². The molecule has 6 heteroatoms. The van der Waals surface area contributed by atoms with Crippen molar-refractivity contribution in [3.05, 3.63) is 11.4 Å². The molecule has 0 bridgehead atoms. The zero-order valence-electron chi connectivity index (χ0n) is 7.56. The van der Waals surface area contributed by atoms with Gasteiger partial charge in [-0.25, -0.2) is 4.79 Å². The molecule has 5 nitrogen and oxygen atoms in total. The predicted octanol–water partition coefficient (Wildman–Crippen LogP) is 1.59. The van der Waals surface area contributed by atoms with Crippen LogP contribution in [-0.2, 0) is 13.9 Å². The van der Waals surface area contributed by atoms with Crippen molar-refractivity contribution < 1.29 is 23.9 Å². The number of carbonyl (C=O) groups is 1. The zero-order chi connectivity index (χ0) is 10.5. The quantitative estimate of drug-likeness (QED) is 0.529. The van der Waals surface area contributed by atoms with Crippen molar-refractivity contribution in [3.63, 3.8) is 0 Å². The number of hydrogen-bond donors (Lipinski definition) is 2. The molecule has 2 N–H and O–H groups in total. The van der Waals surface area contributed by atoms with Gasteiger partial charge in [0, 0.05) is 11.4 Å². The zero-order valence-corrected chi connectivity index (χ0v) is 8.45. The highest BCUT2D eigenvalue weighted by molar-refractivity contribution is 7.56. The largest absolute Gasteiger partial charge is 0.478 e. The molecular formula is C7H13O5P. The minimum Gasteiger partial charge on any atom is -0.478 e. The van der Waals surface area contributed by atoms with Crippen molar-refractivity contribution in [1.82, 2.24) is 0 Å². The van der Waals surface area contributed by atoms with Crippen LogP contribution >= 0.6 is 7.60 Å². The van der Waals surface area contributed by atoms with Gasteiger partial charge in [-0.15, -0.1) is 0 Å². The molecule has 1 atom stereocenters. The number of aliphatic carboxylic acids is 1. The molecule has 0 radical (unpaired) electrons. The molecule has 0 amide bonds. The summed E-state index contributed by atoms with van der Waals surface area (Å²) in [4.78, 5) is 19.4. The molecule has 0 spiro atoms. The Bertz CT molecular complexity index is 258. The van der Waals surface area contributed by atoms with Gasteiger partial charge in [-0.05, 0) is 13.3 Å². The Hall–Kier alpha value is -0.640. The lowest BCUT2D eigenvalue weighted by Gasteiger charge is -2.06. The summed E-state index contributed by atoms with van der Waals surface area (Å²) in [5.41, 5.74) is -0.193. The topological polar surface area (TPSA) is 83.8 Å². The van der Waals surface area contributed by atoms with E-state index < -0.39 is 13.6 Å². The van der Waals surface area contributed by atoms with E-state index in [9.17, 15) is 9.36 Å². The highest BCUT2D eigenvalue weighted by Crippen LogP contribution is 2.44. The Balaban J connectivity index is 4.39. The third-order valence-corrected chi connectivity index (χ3v) is 2.44. The van der Waals surface area contributed by atoms with E-state index in [1.807, 2.05) is 0 Å². The summed E-state index contributed by atoms with van der Waals surface area (Å²) in [6.45, 7) is 3.16. The van der Waals surface area contributed by atoms with E-state index in [1.165, 1.54) is 6.92 Å². The van der Waals surface area contributed by atoms with E-state index in [4.69, 9.17) is 10.00 Å². The Morgan fingerprint density at radius 1 is 1.62 bits per heavy atom. The minimum absolute atomic E-state index is 0.136. The maximum absolute atomic E-state index is 11.1. The Morgan fingerprint density at radius 3 is 2.54 bits per heavy atom. The monoisotopic (exact) mass is 208 g/mol. The van der Waals surface area contributed by atoms with Crippen molar-refractivity contribution in [3.8, 4) is 0 Å². The fourth-order valence-corrected chi connectivity index (χ4v) is 1.68. The van der Waals surface area contributed by atoms with Crippen LogP contribution in [0.4, 0.5) is 0 Å². The van der Waals surface area contributed by atoms with E-state index in [1.54, 1.807) is 6.92 Å². The van der Waals surface area contributed by atoms with Crippen LogP contribution in [0.1, 0.15) is 20.3 Å². The molecule has 0 saturated heterocycles. The van der Waals surface area contributed by atoms with Crippen molar-refractivity contribution in [2.75, 3.05) is 6.61 Å². The third kappa shape index (κ3) is 5.58. The summed E-state index contributed by atoms with van der Waals surface area (Å²) in [6, 6.07) is 0. The average Bonchev–Trinajstić information content (AvgIpc) is 2.00. The Kier molecular flexibility index (Phi) is 4.91. The normalized spacial score (nSPS) is 16.7. The van der Waals surface area contributed by atoms with Crippen LogP contribution in [0.3, 0.4) is 0 Å². The fraction of sp³-hybridized carbons (Fsp3) is 0.571. The second-order valence-corrected chi connectivity index (χ2v) is 4.16. The molecule has 0 aromatic rings. The van der Waals surface area contributed by atoms with E-state index in [2.05, 4.69) is 4.52 Å². The first kappa shape index (κ1) is 12.4. The van der Waals surface area contributed by atoms with Gasteiger partial charge in [-0.1, -0.05) is 6.92 Å². The molecule has 0 saturated carbocycles. The molecule has 0 aromatic heterocycles. The van der Waals surface area contributed by atoms with Gasteiger partial charge in [0.05, 0.1) is 6.61 Å². The SMILES string of the molecule is CCCOP(=O)(O)C=C(C)C(=O)O. The molecule has 0 aliphatic heterocycles. The van der Waals surface area contributed by atoms with Crippen LogP contribution in [0.25, 0.3) is 0 Å². The molecule has 0 aromatic carbocycles. The molecule has 1 unspecified atom stereocenters. The first-order chi connectivity index (χ1) is 5.89. The average molecular weight is 208 g/mol. The van der Waals surface area contributed by atoms with E-state index in [0.29, 0.717) is 6.42 Å². The van der Waals surface area contributed by atoms with Crippen LogP contribution in [-0.4, -0.2) is 22.6 Å². The van der Waals surface area contributed by atoms with Gasteiger partial charge in [0.2, 0.25) is 0 Å². The third-order valence-electron chi connectivity index (χ3n) is 1.17. The maximum Gasteiger partial charge on any atom is 0.352 e. The van der Waals surface area contributed by atoms with Gasteiger partial charge >= 0.3 is 13.6 Å². The number of carboxylic acid groups (broad SMARTS) is 1. The highest BCUT2D eigenvalue weighted by Gasteiger charge is 2.17. The standard InChI is InChI=1S/C7H13O5P/c1-3-4-12-13(10,11)5-6(2)7(8)9/h5H,3-4H2,1-2H3,(H,8,9)(H,10,11). The van der Waals surface area contributed by atoms with Crippen LogP contribution in [0.5, 0.6) is 0 Å². The molecule has 0 rings (SSSR count). The van der Waals surface area contributed by atoms with Crippen LogP contribution in [0, 0.1) is 0 Å². The van der Waals surface area contributed by atoms with E-state index >= 15 is 0 Å². The summed E-state index contributed by atoms with van der Waals surface area (Å²) in [7, 11) is -3.86. The first-order valence-electron chi connectivity index (χ1n) is 3.79. The molecule has 0 heterocycles. The molecule has 76 valence electrons. The maximum atomic E-state index is 11.1. The first-order valence-corrected chi connectivity index (χ1v) is 5.43. The summed E-state index contributed by atoms with van der Waals surface area (Å²) >= 11 is 0. The van der Waals surface area contributed by atoms with Crippen molar-refractivity contribution >= 4 is 13.6 Å². The van der Waals surface area contributed by atoms with Gasteiger partial charge in [-0.2, -0.15) is 0 Å². The number of carboxylic acids is 1. The lowest BCUT2D eigenvalue weighted by molar-refractivity contribution is -0.132. The lowest BCUT2D eigenvalue weighted by Crippen LogP contribution is -1.97. The lowest BCUT2D eigenvalue weighted by atomic mass is 10.4.